The Morgan fingerprint density at radius 1 is 1.16 bits per heavy atom. The van der Waals surface area contributed by atoms with E-state index >= 15 is 0 Å². The monoisotopic (exact) mass is 253 g/mol. The second-order valence-corrected chi connectivity index (χ2v) is 4.81. The number of hydrogen-bond donors (Lipinski definition) is 1. The van der Waals surface area contributed by atoms with E-state index < -0.39 is 5.97 Å². The van der Waals surface area contributed by atoms with E-state index in [2.05, 4.69) is 17.0 Å². The molecule has 19 heavy (non-hydrogen) atoms. The highest BCUT2D eigenvalue weighted by molar-refractivity contribution is 5.97. The number of hydrogen-bond acceptors (Lipinski definition) is 2. The second kappa shape index (κ2) is 4.43. The van der Waals surface area contributed by atoms with E-state index in [4.69, 9.17) is 0 Å². The molecule has 0 saturated carbocycles. The van der Waals surface area contributed by atoms with Gasteiger partial charge >= 0.3 is 5.97 Å². The van der Waals surface area contributed by atoms with Crippen molar-refractivity contribution in [3.63, 3.8) is 0 Å². The molecule has 2 aromatic rings. The minimum absolute atomic E-state index is 0.372. The standard InChI is InChI=1S/C16H15NO2/c1-11-5-4-7-13(16(18)19)15(11)17-10-9-12-6-2-3-8-14(12)17/h2-8H,9-10H2,1H3,(H,18,19). The predicted octanol–water partition coefficient (Wildman–Crippen LogP) is 3.39. The first kappa shape index (κ1) is 11.8. The van der Waals surface area contributed by atoms with Crippen molar-refractivity contribution < 1.29 is 9.90 Å². The topological polar surface area (TPSA) is 40.5 Å². The summed E-state index contributed by atoms with van der Waals surface area (Å²) in [6.07, 6.45) is 0.962. The molecule has 1 heterocycles. The first-order valence-electron chi connectivity index (χ1n) is 6.37. The van der Waals surface area contributed by atoms with Crippen LogP contribution in [0.1, 0.15) is 21.5 Å². The second-order valence-electron chi connectivity index (χ2n) is 4.81. The SMILES string of the molecule is Cc1cccc(C(=O)O)c1N1CCc2ccccc21. The summed E-state index contributed by atoms with van der Waals surface area (Å²) >= 11 is 0. The minimum Gasteiger partial charge on any atom is -0.478 e. The van der Waals surface area contributed by atoms with Gasteiger partial charge in [0.2, 0.25) is 0 Å². The Kier molecular flexibility index (Phi) is 2.75. The van der Waals surface area contributed by atoms with Gasteiger partial charge in [-0.05, 0) is 36.6 Å². The maximum absolute atomic E-state index is 11.4. The van der Waals surface area contributed by atoms with Gasteiger partial charge in [-0.2, -0.15) is 0 Å². The van der Waals surface area contributed by atoms with Crippen LogP contribution in [0.2, 0.25) is 0 Å². The summed E-state index contributed by atoms with van der Waals surface area (Å²) in [7, 11) is 0. The number of rotatable bonds is 2. The maximum Gasteiger partial charge on any atom is 0.337 e. The van der Waals surface area contributed by atoms with Crippen LogP contribution in [0.3, 0.4) is 0 Å². The zero-order valence-corrected chi connectivity index (χ0v) is 10.8. The first-order valence-corrected chi connectivity index (χ1v) is 6.37. The Labute approximate surface area is 112 Å². The van der Waals surface area contributed by atoms with Crippen LogP contribution in [0.15, 0.2) is 42.5 Å². The summed E-state index contributed by atoms with van der Waals surface area (Å²) in [4.78, 5) is 13.5. The van der Waals surface area contributed by atoms with Gasteiger partial charge in [-0.25, -0.2) is 4.79 Å². The van der Waals surface area contributed by atoms with Crippen molar-refractivity contribution >= 4 is 17.3 Å². The van der Waals surface area contributed by atoms with Crippen LogP contribution in [-0.2, 0) is 6.42 Å². The molecule has 3 heteroatoms. The molecule has 2 aromatic carbocycles. The fraction of sp³-hybridized carbons (Fsp3) is 0.188. The number of carboxylic acid groups (broad SMARTS) is 1. The van der Waals surface area contributed by atoms with Crippen molar-refractivity contribution in [1.29, 1.82) is 0 Å². The molecule has 3 nitrogen and oxygen atoms in total. The zero-order chi connectivity index (χ0) is 13.4. The number of fused-ring (bicyclic) bond motifs is 1. The Morgan fingerprint density at radius 3 is 2.74 bits per heavy atom. The fourth-order valence-electron chi connectivity index (χ4n) is 2.76. The molecule has 0 saturated heterocycles. The van der Waals surface area contributed by atoms with Crippen LogP contribution in [0.25, 0.3) is 0 Å². The van der Waals surface area contributed by atoms with Crippen LogP contribution in [-0.4, -0.2) is 17.6 Å². The van der Waals surface area contributed by atoms with Crippen molar-refractivity contribution in [2.45, 2.75) is 13.3 Å². The first-order chi connectivity index (χ1) is 9.18. The molecule has 0 amide bonds. The van der Waals surface area contributed by atoms with Crippen LogP contribution < -0.4 is 4.90 Å². The Bertz CT molecular complexity index is 649. The lowest BCUT2D eigenvalue weighted by atomic mass is 10.1. The van der Waals surface area contributed by atoms with Gasteiger partial charge in [0.05, 0.1) is 11.3 Å². The summed E-state index contributed by atoms with van der Waals surface area (Å²) in [6, 6.07) is 13.6. The Hall–Kier alpha value is -2.29. The summed E-state index contributed by atoms with van der Waals surface area (Å²) in [6.45, 7) is 2.80. The van der Waals surface area contributed by atoms with Gasteiger partial charge in [-0.1, -0.05) is 30.3 Å². The largest absolute Gasteiger partial charge is 0.478 e. The van der Waals surface area contributed by atoms with Gasteiger partial charge in [0.1, 0.15) is 0 Å². The number of para-hydroxylation sites is 2. The lowest BCUT2D eigenvalue weighted by Gasteiger charge is -2.23. The molecule has 0 spiro atoms. The van der Waals surface area contributed by atoms with Crippen LogP contribution in [0.4, 0.5) is 11.4 Å². The molecule has 0 aliphatic carbocycles. The minimum atomic E-state index is -0.872. The summed E-state index contributed by atoms with van der Waals surface area (Å²) in [5.41, 5.74) is 4.59. The molecule has 0 fully saturated rings. The van der Waals surface area contributed by atoms with Gasteiger partial charge in [-0.3, -0.25) is 0 Å². The normalized spacial score (nSPS) is 13.4. The molecular weight excluding hydrogens is 238 g/mol. The van der Waals surface area contributed by atoms with E-state index in [1.54, 1.807) is 12.1 Å². The Balaban J connectivity index is 2.17. The third kappa shape index (κ3) is 1.87. The number of carbonyl (C=O) groups is 1. The number of nitrogens with zero attached hydrogens (tertiary/aromatic N) is 1. The van der Waals surface area contributed by atoms with E-state index in [1.807, 2.05) is 25.1 Å². The van der Waals surface area contributed by atoms with Gasteiger partial charge in [-0.15, -0.1) is 0 Å². The lowest BCUT2D eigenvalue weighted by molar-refractivity contribution is 0.0697. The Morgan fingerprint density at radius 2 is 1.95 bits per heavy atom. The van der Waals surface area contributed by atoms with Crippen molar-refractivity contribution in [3.8, 4) is 0 Å². The van der Waals surface area contributed by atoms with Gasteiger partial charge in [0.25, 0.3) is 0 Å². The number of anilines is 2. The fourth-order valence-corrected chi connectivity index (χ4v) is 2.76. The number of aryl methyl sites for hydroxylation is 1. The number of benzene rings is 2. The third-order valence-electron chi connectivity index (χ3n) is 3.63. The highest BCUT2D eigenvalue weighted by atomic mass is 16.4. The molecule has 0 radical (unpaired) electrons. The molecule has 1 aliphatic rings. The molecule has 3 rings (SSSR count). The molecule has 0 unspecified atom stereocenters. The summed E-state index contributed by atoms with van der Waals surface area (Å²) in [5.74, 6) is -0.872. The lowest BCUT2D eigenvalue weighted by Crippen LogP contribution is -2.18. The van der Waals surface area contributed by atoms with Crippen molar-refractivity contribution in [3.05, 3.63) is 59.2 Å². The van der Waals surface area contributed by atoms with Crippen molar-refractivity contribution in [1.82, 2.24) is 0 Å². The van der Waals surface area contributed by atoms with Crippen LogP contribution in [0.5, 0.6) is 0 Å². The molecule has 0 bridgehead atoms. The quantitative estimate of drug-likeness (QED) is 0.891. The number of carboxylic acids is 1. The van der Waals surface area contributed by atoms with E-state index in [-0.39, 0.29) is 0 Å². The van der Waals surface area contributed by atoms with Gasteiger partial charge < -0.3 is 10.0 Å². The highest BCUT2D eigenvalue weighted by Crippen LogP contribution is 2.37. The number of aromatic carboxylic acids is 1. The molecule has 1 N–H and O–H groups in total. The van der Waals surface area contributed by atoms with E-state index in [9.17, 15) is 9.90 Å². The van der Waals surface area contributed by atoms with Gasteiger partial charge in [0.15, 0.2) is 0 Å². The van der Waals surface area contributed by atoms with Crippen LogP contribution in [0, 0.1) is 6.92 Å². The average molecular weight is 253 g/mol. The van der Waals surface area contributed by atoms with E-state index in [1.165, 1.54) is 5.56 Å². The predicted molar refractivity (Wildman–Crippen MR) is 75.3 cm³/mol. The third-order valence-corrected chi connectivity index (χ3v) is 3.63. The van der Waals surface area contributed by atoms with Crippen LogP contribution >= 0.6 is 0 Å². The average Bonchev–Trinajstić information content (AvgIpc) is 2.82. The maximum atomic E-state index is 11.4. The summed E-state index contributed by atoms with van der Waals surface area (Å²) in [5, 5.41) is 9.37. The zero-order valence-electron chi connectivity index (χ0n) is 10.8. The summed E-state index contributed by atoms with van der Waals surface area (Å²) < 4.78 is 0. The highest BCUT2D eigenvalue weighted by Gasteiger charge is 2.25. The molecule has 96 valence electrons. The molecular formula is C16H15NO2. The smallest absolute Gasteiger partial charge is 0.337 e. The van der Waals surface area contributed by atoms with E-state index in [0.717, 1.165) is 29.9 Å². The molecule has 0 atom stereocenters. The van der Waals surface area contributed by atoms with Gasteiger partial charge in [0, 0.05) is 12.2 Å². The van der Waals surface area contributed by atoms with Crippen molar-refractivity contribution in [2.24, 2.45) is 0 Å². The van der Waals surface area contributed by atoms with Crippen molar-refractivity contribution in [2.75, 3.05) is 11.4 Å². The molecule has 0 aromatic heterocycles. The molecule has 1 aliphatic heterocycles. The van der Waals surface area contributed by atoms with E-state index in [0.29, 0.717) is 5.56 Å².